The highest BCUT2D eigenvalue weighted by atomic mass is 35.5. The minimum absolute atomic E-state index is 0. The van der Waals surface area contributed by atoms with Crippen molar-refractivity contribution in [2.45, 2.75) is 12.8 Å². The number of nitrogens with zero attached hydrogens (tertiary/aromatic N) is 4. The second kappa shape index (κ2) is 9.51. The summed E-state index contributed by atoms with van der Waals surface area (Å²) < 4.78 is 13.4. The van der Waals surface area contributed by atoms with Gasteiger partial charge in [-0.3, -0.25) is 4.90 Å². The average molecular weight is 441 g/mol. The molecular formula is C23H25ClN4O3. The minimum atomic E-state index is 0. The molecule has 0 amide bonds. The number of ether oxygens (including phenoxy) is 1. The summed E-state index contributed by atoms with van der Waals surface area (Å²) in [6.07, 6.45) is 5.73. The molecule has 1 aliphatic heterocycles. The molecule has 0 atom stereocenters. The molecule has 8 heteroatoms. The zero-order valence-electron chi connectivity index (χ0n) is 17.1. The lowest BCUT2D eigenvalue weighted by molar-refractivity contribution is 0.0375. The molecule has 0 aliphatic carbocycles. The van der Waals surface area contributed by atoms with Crippen LogP contribution in [0.5, 0.6) is 0 Å². The van der Waals surface area contributed by atoms with E-state index in [0.717, 1.165) is 56.6 Å². The lowest BCUT2D eigenvalue weighted by Crippen LogP contribution is -2.36. The molecule has 1 aromatic carbocycles. The summed E-state index contributed by atoms with van der Waals surface area (Å²) in [7, 11) is 0. The highest BCUT2D eigenvalue weighted by molar-refractivity contribution is 5.85. The highest BCUT2D eigenvalue weighted by Crippen LogP contribution is 2.23. The molecule has 4 aromatic rings. The van der Waals surface area contributed by atoms with Crippen LogP contribution in [0, 0.1) is 0 Å². The average Bonchev–Trinajstić information content (AvgIpc) is 3.27. The van der Waals surface area contributed by atoms with Crippen molar-refractivity contribution in [3.8, 4) is 11.5 Å². The normalized spacial score (nSPS) is 15.4. The van der Waals surface area contributed by atoms with Crippen LogP contribution >= 0.6 is 12.4 Å². The summed E-state index contributed by atoms with van der Waals surface area (Å²) in [5.41, 5.74) is 3.60. The van der Waals surface area contributed by atoms with E-state index in [4.69, 9.17) is 9.15 Å². The fraction of sp³-hybridized carbons (Fsp3) is 0.304. The Hall–Kier alpha value is -2.87. The quantitative estimate of drug-likeness (QED) is 0.378. The van der Waals surface area contributed by atoms with Crippen LogP contribution in [0.4, 0.5) is 0 Å². The van der Waals surface area contributed by atoms with Crippen molar-refractivity contribution >= 4 is 28.9 Å². The molecule has 162 valence electrons. The number of aryl methyl sites for hydroxylation is 1. The van der Waals surface area contributed by atoms with Gasteiger partial charge in [0.05, 0.1) is 19.5 Å². The van der Waals surface area contributed by atoms with Crippen LogP contribution < -0.4 is 5.36 Å². The zero-order chi connectivity index (χ0) is 20.3. The Morgan fingerprint density at radius 1 is 1.10 bits per heavy atom. The van der Waals surface area contributed by atoms with Gasteiger partial charge in [-0.25, -0.2) is 4.98 Å². The zero-order valence-corrected chi connectivity index (χ0v) is 17.9. The topological polar surface area (TPSA) is 75.5 Å². The van der Waals surface area contributed by atoms with Crippen molar-refractivity contribution in [2.75, 3.05) is 32.8 Å². The van der Waals surface area contributed by atoms with Gasteiger partial charge in [-0.1, -0.05) is 11.2 Å². The Morgan fingerprint density at radius 3 is 2.81 bits per heavy atom. The third-order valence-corrected chi connectivity index (χ3v) is 5.63. The minimum Gasteiger partial charge on any atom is -0.454 e. The van der Waals surface area contributed by atoms with E-state index in [0.29, 0.717) is 22.4 Å². The summed E-state index contributed by atoms with van der Waals surface area (Å²) in [6.45, 7) is 4.74. The van der Waals surface area contributed by atoms with Gasteiger partial charge in [-0.05, 0) is 55.3 Å². The fourth-order valence-corrected chi connectivity index (χ4v) is 3.98. The second-order valence-electron chi connectivity index (χ2n) is 7.60. The smallest absolute Gasteiger partial charge is 0.155 e. The van der Waals surface area contributed by atoms with Crippen LogP contribution in [0.3, 0.4) is 0 Å². The summed E-state index contributed by atoms with van der Waals surface area (Å²) in [5.74, 6) is 0.569. The van der Waals surface area contributed by atoms with Gasteiger partial charge in [0.25, 0.3) is 0 Å². The van der Waals surface area contributed by atoms with Gasteiger partial charge in [0.15, 0.2) is 5.76 Å². The first-order valence-electron chi connectivity index (χ1n) is 10.3. The van der Waals surface area contributed by atoms with Crippen LogP contribution in [0.1, 0.15) is 12.0 Å². The van der Waals surface area contributed by atoms with Crippen LogP contribution in [-0.2, 0) is 11.2 Å². The first kappa shape index (κ1) is 21.4. The molecule has 1 aliphatic rings. The molecule has 0 unspecified atom stereocenters. The maximum Gasteiger partial charge on any atom is 0.155 e. The molecule has 0 radical (unpaired) electrons. The number of rotatable bonds is 5. The van der Waals surface area contributed by atoms with Gasteiger partial charge >= 0.3 is 0 Å². The molecule has 5 rings (SSSR count). The lowest BCUT2D eigenvalue weighted by Gasteiger charge is -2.26. The Balaban J connectivity index is 0.00000231. The Kier molecular flexibility index (Phi) is 6.56. The maximum atomic E-state index is 9.62. The van der Waals surface area contributed by atoms with E-state index in [1.165, 1.54) is 5.56 Å². The van der Waals surface area contributed by atoms with Crippen molar-refractivity contribution in [3.63, 3.8) is 0 Å². The number of halogens is 1. The molecule has 31 heavy (non-hydrogen) atoms. The van der Waals surface area contributed by atoms with Gasteiger partial charge in [-0.15, -0.1) is 12.4 Å². The third-order valence-electron chi connectivity index (χ3n) is 5.63. The monoisotopic (exact) mass is 440 g/mol. The number of hydrogen-bond acceptors (Lipinski definition) is 6. The number of benzene rings is 1. The Labute approximate surface area is 186 Å². The molecule has 1 saturated heterocycles. The number of hydrogen-bond donors (Lipinski definition) is 1. The Bertz CT molecular complexity index is 1240. The van der Waals surface area contributed by atoms with Crippen LogP contribution in [0.15, 0.2) is 64.6 Å². The summed E-state index contributed by atoms with van der Waals surface area (Å²) in [6, 6.07) is 13.8. The number of aromatic nitrogens is 2. The van der Waals surface area contributed by atoms with Gasteiger partial charge in [0, 0.05) is 36.3 Å². The molecule has 1 N–H and O–H groups in total. The molecular weight excluding hydrogens is 416 g/mol. The summed E-state index contributed by atoms with van der Waals surface area (Å²) in [5, 5.41) is 14.4. The third kappa shape index (κ3) is 4.58. The number of morpholine rings is 1. The van der Waals surface area contributed by atoms with Crippen LogP contribution in [-0.4, -0.2) is 52.3 Å². The molecule has 0 spiro atoms. The van der Waals surface area contributed by atoms with E-state index in [1.807, 2.05) is 34.9 Å². The van der Waals surface area contributed by atoms with Gasteiger partial charge in [-0.2, -0.15) is 0 Å². The molecule has 3 aromatic heterocycles. The van der Waals surface area contributed by atoms with E-state index < -0.39 is 0 Å². The molecule has 1 fully saturated rings. The van der Waals surface area contributed by atoms with Gasteiger partial charge < -0.3 is 18.8 Å². The van der Waals surface area contributed by atoms with Crippen LogP contribution in [0.2, 0.25) is 0 Å². The Morgan fingerprint density at radius 2 is 1.97 bits per heavy atom. The lowest BCUT2D eigenvalue weighted by atomic mass is 10.1. The fourth-order valence-electron chi connectivity index (χ4n) is 3.98. The van der Waals surface area contributed by atoms with Crippen molar-refractivity contribution < 1.29 is 14.4 Å². The predicted octanol–water partition coefficient (Wildman–Crippen LogP) is 3.72. The van der Waals surface area contributed by atoms with E-state index >= 15 is 0 Å². The SMILES string of the molecule is Cl.ON=c1cc(-c2cc3cccn3cn2)oc2ccc(CCCN3CCOCC3)cc12. The summed E-state index contributed by atoms with van der Waals surface area (Å²) in [4.78, 5) is 6.91. The molecule has 0 bridgehead atoms. The van der Waals surface area contributed by atoms with E-state index in [-0.39, 0.29) is 12.4 Å². The van der Waals surface area contributed by atoms with E-state index in [2.05, 4.69) is 27.2 Å². The van der Waals surface area contributed by atoms with Crippen molar-refractivity contribution in [3.05, 3.63) is 65.9 Å². The van der Waals surface area contributed by atoms with Crippen LogP contribution in [0.25, 0.3) is 27.9 Å². The van der Waals surface area contributed by atoms with E-state index in [1.54, 1.807) is 12.4 Å². The van der Waals surface area contributed by atoms with E-state index in [9.17, 15) is 5.21 Å². The van der Waals surface area contributed by atoms with Crippen molar-refractivity contribution in [2.24, 2.45) is 5.16 Å². The highest BCUT2D eigenvalue weighted by Gasteiger charge is 2.11. The predicted molar refractivity (Wildman–Crippen MR) is 121 cm³/mol. The van der Waals surface area contributed by atoms with Gasteiger partial charge in [0.2, 0.25) is 0 Å². The number of fused-ring (bicyclic) bond motifs is 2. The van der Waals surface area contributed by atoms with Gasteiger partial charge in [0.1, 0.15) is 16.6 Å². The molecule has 7 nitrogen and oxygen atoms in total. The first-order valence-corrected chi connectivity index (χ1v) is 10.3. The standard InChI is InChI=1S/C23H24N4O3.ClH/c28-25-20-15-23(21-14-18-4-2-8-27(18)16-24-21)30-22-6-5-17(13-19(20)22)3-1-7-26-9-11-29-12-10-26;/h2,4-6,8,13-16,28H,1,3,7,9-12H2;1H. The molecule has 4 heterocycles. The van der Waals surface area contributed by atoms with Crippen molar-refractivity contribution in [1.29, 1.82) is 0 Å². The first-order chi connectivity index (χ1) is 14.8. The summed E-state index contributed by atoms with van der Waals surface area (Å²) >= 11 is 0. The van der Waals surface area contributed by atoms with Crippen molar-refractivity contribution in [1.82, 2.24) is 14.3 Å². The molecule has 0 saturated carbocycles. The second-order valence-corrected chi connectivity index (χ2v) is 7.60. The maximum absolute atomic E-state index is 9.62. The largest absolute Gasteiger partial charge is 0.454 e.